The molecule has 24 atom stereocenters. The minimum atomic E-state index is -2.60. The van der Waals surface area contributed by atoms with Crippen molar-refractivity contribution in [2.75, 3.05) is 33.0 Å². The van der Waals surface area contributed by atoms with Gasteiger partial charge in [0.25, 0.3) is 0 Å². The number of ether oxygens (including phenoxy) is 10. The summed E-state index contributed by atoms with van der Waals surface area (Å²) >= 11 is 0. The molecule has 36 heteroatoms. The lowest BCUT2D eigenvalue weighted by Crippen LogP contribution is -2.66. The third-order valence-electron chi connectivity index (χ3n) is 13.3. The molecule has 0 bridgehead atoms. The van der Waals surface area contributed by atoms with Crippen LogP contribution in [0.2, 0.25) is 0 Å². The average molecular weight is 1220 g/mol. The number of rotatable bonds is 27. The quantitative estimate of drug-likeness (QED) is 0.0206. The highest BCUT2D eigenvalue weighted by Gasteiger charge is 2.52. The van der Waals surface area contributed by atoms with E-state index in [2.05, 4.69) is 26.6 Å². The Morgan fingerprint density at radius 1 is 0.476 bits per heavy atom. The summed E-state index contributed by atoms with van der Waals surface area (Å²) < 4.78 is 56.3. The number of amides is 5. The highest BCUT2D eigenvalue weighted by Crippen LogP contribution is 2.33. The van der Waals surface area contributed by atoms with Gasteiger partial charge in [0.05, 0.1) is 19.3 Å². The van der Waals surface area contributed by atoms with Crippen LogP contribution < -0.4 is 26.6 Å². The highest BCUT2D eigenvalue weighted by atomic mass is 16.7. The summed E-state index contributed by atoms with van der Waals surface area (Å²) in [5.41, 5.74) is -1.95. The Bertz CT molecular complexity index is 2270. The van der Waals surface area contributed by atoms with Crippen LogP contribution in [0, 0.1) is 0 Å². The molecule has 0 spiro atoms. The van der Waals surface area contributed by atoms with Gasteiger partial charge in [0.15, 0.2) is 37.7 Å². The lowest BCUT2D eigenvalue weighted by molar-refractivity contribution is -0.321. The standard InChI is InChI=1S/C48H79N5O31/c1-15-32(63)39(70)40(71)48(77-15)76-14-26-42(37(68)29(43(72)78-26)51-18(4)59)84-45(74)28(50-17(3)58)34(65)23(9-11-55)80-47-31(53-20(6)61)38(69)41(24(12-56)81-47)83-44(73)27(49-16(2)57)33(64)22(8-10-54)79-46-30(52-19(5)60)36(67)35(66)25(82-46)13-75-21(7)62/h15,22-26,29-32,35-48,54-56,63-74H,8-14H2,1-7H3,(H,49,57)(H,50,58)(H,51,59)(H,52,60)(H,53,61)/b33-27-,34-28+. The normalized spacial score (nSPS) is 35.6. The SMILES string of the molecule is CC(=O)N/C(=C(\O)C(CCO)OC1OC(COC(C)=O)C(O)C(O)C1NC(C)=O)C(O)OC1C(CO)OC(OC(CCO)/C(O)=C(\NC(C)=O)C(O)OC2C(COC3OC(C)C(O)C(O)C3O)OC(O)C(NC(C)=O)C2O)C(NC(C)=O)C1O. The van der Waals surface area contributed by atoms with Crippen molar-refractivity contribution >= 4 is 35.5 Å². The van der Waals surface area contributed by atoms with E-state index in [1.165, 1.54) is 6.92 Å². The fraction of sp³-hybridized carbons (Fsp3) is 0.792. The van der Waals surface area contributed by atoms with Gasteiger partial charge in [-0.25, -0.2) is 0 Å². The van der Waals surface area contributed by atoms with E-state index in [1.807, 2.05) is 0 Å². The van der Waals surface area contributed by atoms with Crippen molar-refractivity contribution in [2.45, 2.75) is 209 Å². The second-order valence-electron chi connectivity index (χ2n) is 19.9. The van der Waals surface area contributed by atoms with Crippen molar-refractivity contribution in [2.24, 2.45) is 0 Å². The summed E-state index contributed by atoms with van der Waals surface area (Å²) in [6.45, 7) is 2.88. The second kappa shape index (κ2) is 32.7. The van der Waals surface area contributed by atoms with Gasteiger partial charge in [-0.2, -0.15) is 0 Å². The molecule has 4 aliphatic rings. The highest BCUT2D eigenvalue weighted by molar-refractivity contribution is 5.76. The number of aliphatic hydroxyl groups is 15. The Hall–Kier alpha value is -4.98. The zero-order valence-electron chi connectivity index (χ0n) is 46.5. The van der Waals surface area contributed by atoms with Gasteiger partial charge in [-0.1, -0.05) is 0 Å². The molecular formula is C48H79N5O31. The molecule has 4 fully saturated rings. The Kier molecular flexibility index (Phi) is 27.8. The summed E-state index contributed by atoms with van der Waals surface area (Å²) in [7, 11) is 0. The third kappa shape index (κ3) is 19.0. The largest absolute Gasteiger partial charge is 0.507 e. The van der Waals surface area contributed by atoms with Gasteiger partial charge < -0.3 is 151 Å². The van der Waals surface area contributed by atoms with Crippen LogP contribution in [-0.4, -0.2) is 293 Å². The third-order valence-corrected chi connectivity index (χ3v) is 13.3. The Labute approximate surface area is 478 Å². The topological polar surface area (TPSA) is 558 Å². The molecule has 0 aromatic heterocycles. The van der Waals surface area contributed by atoms with Crippen LogP contribution in [-0.2, 0) is 76.1 Å². The molecule has 0 saturated carbocycles. The van der Waals surface area contributed by atoms with Crippen molar-refractivity contribution in [3.63, 3.8) is 0 Å². The van der Waals surface area contributed by atoms with Gasteiger partial charge in [-0.15, -0.1) is 0 Å². The number of hydrogen-bond donors (Lipinski definition) is 20. The molecule has 84 heavy (non-hydrogen) atoms. The van der Waals surface area contributed by atoms with Crippen LogP contribution in [0.4, 0.5) is 0 Å². The van der Waals surface area contributed by atoms with Gasteiger partial charge >= 0.3 is 5.97 Å². The summed E-state index contributed by atoms with van der Waals surface area (Å²) in [5, 5.41) is 176. The van der Waals surface area contributed by atoms with E-state index in [1.54, 1.807) is 0 Å². The number of aliphatic hydroxyl groups excluding tert-OH is 15. The molecule has 4 rings (SSSR count). The Morgan fingerprint density at radius 3 is 1.36 bits per heavy atom. The molecule has 24 unspecified atom stereocenters. The van der Waals surface area contributed by atoms with E-state index in [0.717, 1.165) is 41.5 Å². The summed E-state index contributed by atoms with van der Waals surface area (Å²) in [6, 6.07) is -5.22. The molecule has 0 aromatic rings. The maximum absolute atomic E-state index is 12.7. The second-order valence-corrected chi connectivity index (χ2v) is 19.9. The number of carbonyl (C=O) groups is 6. The van der Waals surface area contributed by atoms with Gasteiger partial charge in [0.2, 0.25) is 29.5 Å². The maximum Gasteiger partial charge on any atom is 0.302 e. The molecule has 0 aromatic carbocycles. The first-order valence-electron chi connectivity index (χ1n) is 26.2. The predicted octanol–water partition coefficient (Wildman–Crippen LogP) is -9.74. The molecule has 0 aliphatic carbocycles. The molecule has 36 nitrogen and oxygen atoms in total. The van der Waals surface area contributed by atoms with Gasteiger partial charge in [-0.05, 0) is 6.92 Å². The Balaban J connectivity index is 1.69. The van der Waals surface area contributed by atoms with Crippen LogP contribution in [0.25, 0.3) is 0 Å². The first-order valence-corrected chi connectivity index (χ1v) is 26.2. The number of carbonyl (C=O) groups excluding carboxylic acids is 6. The van der Waals surface area contributed by atoms with Crippen molar-refractivity contribution in [1.29, 1.82) is 0 Å². The van der Waals surface area contributed by atoms with E-state index in [0.29, 0.717) is 0 Å². The minimum Gasteiger partial charge on any atom is -0.507 e. The van der Waals surface area contributed by atoms with Crippen molar-refractivity contribution in [1.82, 2.24) is 26.6 Å². The van der Waals surface area contributed by atoms with Crippen LogP contribution in [0.3, 0.4) is 0 Å². The van der Waals surface area contributed by atoms with Crippen molar-refractivity contribution < 1.29 is 153 Å². The first kappa shape index (κ1) is 71.5. The number of nitrogens with one attached hydrogen (secondary N) is 5. The lowest BCUT2D eigenvalue weighted by Gasteiger charge is -2.45. The first-order chi connectivity index (χ1) is 39.4. The van der Waals surface area contributed by atoms with Gasteiger partial charge in [0.1, 0.15) is 133 Å². The zero-order valence-corrected chi connectivity index (χ0v) is 46.5. The van der Waals surface area contributed by atoms with Crippen LogP contribution in [0.5, 0.6) is 0 Å². The van der Waals surface area contributed by atoms with Crippen LogP contribution in [0.1, 0.15) is 61.3 Å². The molecule has 4 aliphatic heterocycles. The van der Waals surface area contributed by atoms with Gasteiger partial charge in [-0.3, -0.25) is 28.8 Å². The average Bonchev–Trinajstić information content (AvgIpc) is 1.79. The van der Waals surface area contributed by atoms with E-state index >= 15 is 0 Å². The maximum atomic E-state index is 12.7. The molecule has 20 N–H and O–H groups in total. The van der Waals surface area contributed by atoms with E-state index in [-0.39, 0.29) is 0 Å². The number of hydrogen-bond acceptors (Lipinski definition) is 31. The number of esters is 1. The van der Waals surface area contributed by atoms with Crippen LogP contribution in [0.15, 0.2) is 22.9 Å². The minimum absolute atomic E-state index is 0.612. The molecule has 4 heterocycles. The fourth-order valence-corrected chi connectivity index (χ4v) is 9.24. The lowest BCUT2D eigenvalue weighted by atomic mass is 9.96. The monoisotopic (exact) mass is 1220 g/mol. The van der Waals surface area contributed by atoms with Crippen LogP contribution >= 0.6 is 0 Å². The summed E-state index contributed by atoms with van der Waals surface area (Å²) in [4.78, 5) is 73.8. The summed E-state index contributed by atoms with van der Waals surface area (Å²) in [5.74, 6) is -7.65. The van der Waals surface area contributed by atoms with Gasteiger partial charge in [0, 0.05) is 67.6 Å². The Morgan fingerprint density at radius 2 is 0.917 bits per heavy atom. The van der Waals surface area contributed by atoms with Crippen molar-refractivity contribution in [3.05, 3.63) is 22.9 Å². The smallest absolute Gasteiger partial charge is 0.302 e. The molecule has 5 amide bonds. The molecular weight excluding hydrogens is 1140 g/mol. The molecule has 4 saturated heterocycles. The van der Waals surface area contributed by atoms with Crippen molar-refractivity contribution in [3.8, 4) is 0 Å². The summed E-state index contributed by atoms with van der Waals surface area (Å²) in [6.07, 6.45) is -41.2. The van der Waals surface area contributed by atoms with E-state index in [4.69, 9.17) is 47.4 Å². The molecule has 482 valence electrons. The zero-order chi connectivity index (χ0) is 63.2. The predicted molar refractivity (Wildman–Crippen MR) is 269 cm³/mol. The van der Waals surface area contributed by atoms with E-state index in [9.17, 15) is 105 Å². The molecule has 0 radical (unpaired) electrons. The fourth-order valence-electron chi connectivity index (χ4n) is 9.24. The van der Waals surface area contributed by atoms with E-state index < -0.39 is 252 Å².